The lowest BCUT2D eigenvalue weighted by molar-refractivity contribution is 0.0614. The molecule has 0 amide bonds. The lowest BCUT2D eigenvalue weighted by Gasteiger charge is -2.28. The standard InChI is InChI=1S/C19H29N5O2S/c25-17(13-24-9-4-1-5-10-24)14-26-18-7-3-2-6-16(18)12-20-8-11-27-19-21-15-22-23-19/h2-3,6-7,15,17,20,25H,1,4-5,8-14H2,(H,21,22,23). The normalized spacial score (nSPS) is 16.3. The van der Waals surface area contributed by atoms with Gasteiger partial charge in [0.1, 0.15) is 24.8 Å². The minimum absolute atomic E-state index is 0.328. The molecule has 0 bridgehead atoms. The maximum atomic E-state index is 10.3. The molecule has 0 aliphatic carbocycles. The van der Waals surface area contributed by atoms with E-state index in [0.717, 1.165) is 48.4 Å². The molecule has 3 rings (SSSR count). The zero-order valence-electron chi connectivity index (χ0n) is 15.6. The van der Waals surface area contributed by atoms with Crippen LogP contribution in [0.25, 0.3) is 0 Å². The Morgan fingerprint density at radius 2 is 2.11 bits per heavy atom. The van der Waals surface area contributed by atoms with Crippen LogP contribution in [0.3, 0.4) is 0 Å². The first-order chi connectivity index (χ1) is 13.3. The minimum Gasteiger partial charge on any atom is -0.491 e. The van der Waals surface area contributed by atoms with E-state index in [-0.39, 0.29) is 0 Å². The molecule has 2 heterocycles. The third kappa shape index (κ3) is 7.14. The number of aromatic amines is 1. The van der Waals surface area contributed by atoms with Crippen LogP contribution in [0.2, 0.25) is 0 Å². The first-order valence-electron chi connectivity index (χ1n) is 9.61. The molecule has 1 saturated heterocycles. The average molecular weight is 392 g/mol. The van der Waals surface area contributed by atoms with Gasteiger partial charge in [-0.25, -0.2) is 4.98 Å². The first-order valence-corrected chi connectivity index (χ1v) is 10.6. The van der Waals surface area contributed by atoms with Crippen molar-refractivity contribution < 1.29 is 9.84 Å². The number of H-pyrrole nitrogens is 1. The predicted molar refractivity (Wildman–Crippen MR) is 107 cm³/mol. The number of hydrogen-bond donors (Lipinski definition) is 3. The Morgan fingerprint density at radius 3 is 2.93 bits per heavy atom. The number of piperidine rings is 1. The Kier molecular flexibility index (Phi) is 8.41. The first kappa shape index (κ1) is 20.1. The third-order valence-corrected chi connectivity index (χ3v) is 5.43. The third-order valence-electron chi connectivity index (χ3n) is 4.55. The number of benzene rings is 1. The van der Waals surface area contributed by atoms with Gasteiger partial charge in [-0.15, -0.1) is 0 Å². The fourth-order valence-electron chi connectivity index (χ4n) is 3.18. The molecule has 1 aromatic carbocycles. The van der Waals surface area contributed by atoms with Crippen LogP contribution in [0.15, 0.2) is 35.7 Å². The van der Waals surface area contributed by atoms with Crippen LogP contribution in [0.1, 0.15) is 24.8 Å². The van der Waals surface area contributed by atoms with Gasteiger partial charge in [-0.3, -0.25) is 5.10 Å². The van der Waals surface area contributed by atoms with E-state index >= 15 is 0 Å². The van der Waals surface area contributed by atoms with Crippen LogP contribution in [-0.2, 0) is 6.54 Å². The highest BCUT2D eigenvalue weighted by atomic mass is 32.2. The van der Waals surface area contributed by atoms with Crippen molar-refractivity contribution in [1.82, 2.24) is 25.4 Å². The van der Waals surface area contributed by atoms with E-state index in [4.69, 9.17) is 4.74 Å². The maximum Gasteiger partial charge on any atom is 0.183 e. The number of nitrogens with zero attached hydrogens (tertiary/aromatic N) is 3. The number of ether oxygens (including phenoxy) is 1. The van der Waals surface area contributed by atoms with Gasteiger partial charge in [0.25, 0.3) is 0 Å². The summed E-state index contributed by atoms with van der Waals surface area (Å²) in [5, 5.41) is 21.2. The van der Waals surface area contributed by atoms with Crippen molar-refractivity contribution in [3.8, 4) is 5.75 Å². The summed E-state index contributed by atoms with van der Waals surface area (Å²) in [5.41, 5.74) is 1.10. The van der Waals surface area contributed by atoms with E-state index in [1.165, 1.54) is 25.6 Å². The van der Waals surface area contributed by atoms with Crippen LogP contribution >= 0.6 is 11.8 Å². The minimum atomic E-state index is -0.456. The molecule has 1 aromatic heterocycles. The van der Waals surface area contributed by atoms with E-state index in [1.807, 2.05) is 18.2 Å². The van der Waals surface area contributed by atoms with Crippen molar-refractivity contribution in [2.24, 2.45) is 0 Å². The van der Waals surface area contributed by atoms with E-state index in [0.29, 0.717) is 13.2 Å². The lowest BCUT2D eigenvalue weighted by atomic mass is 10.1. The summed E-state index contributed by atoms with van der Waals surface area (Å²) in [5.74, 6) is 1.75. The topological polar surface area (TPSA) is 86.3 Å². The molecular weight excluding hydrogens is 362 g/mol. The molecule has 7 nitrogen and oxygen atoms in total. The number of para-hydroxylation sites is 1. The van der Waals surface area contributed by atoms with E-state index in [2.05, 4.69) is 31.5 Å². The van der Waals surface area contributed by atoms with Crippen LogP contribution in [0, 0.1) is 0 Å². The van der Waals surface area contributed by atoms with Gasteiger partial charge in [-0.1, -0.05) is 36.4 Å². The zero-order valence-corrected chi connectivity index (χ0v) is 16.5. The summed E-state index contributed by atoms with van der Waals surface area (Å²) < 4.78 is 5.91. The van der Waals surface area contributed by atoms with Crippen molar-refractivity contribution in [3.05, 3.63) is 36.2 Å². The van der Waals surface area contributed by atoms with Gasteiger partial charge >= 0.3 is 0 Å². The van der Waals surface area contributed by atoms with Crippen molar-refractivity contribution in [3.63, 3.8) is 0 Å². The Morgan fingerprint density at radius 1 is 1.26 bits per heavy atom. The number of aliphatic hydroxyl groups is 1. The summed E-state index contributed by atoms with van der Waals surface area (Å²) in [6.45, 7) is 4.79. The molecule has 148 valence electrons. The number of thioether (sulfide) groups is 1. The monoisotopic (exact) mass is 391 g/mol. The van der Waals surface area contributed by atoms with Gasteiger partial charge in [0, 0.05) is 31.0 Å². The molecule has 3 N–H and O–H groups in total. The van der Waals surface area contributed by atoms with Gasteiger partial charge in [-0.05, 0) is 32.0 Å². The molecule has 2 aromatic rings. The molecule has 1 fully saturated rings. The number of β-amino-alcohol motifs (C(OH)–C–C–N with tert-alkyl or cyclic N) is 1. The SMILES string of the molecule is OC(COc1ccccc1CNCCSc1ncn[nH]1)CN1CCCCC1. The number of aromatic nitrogens is 3. The average Bonchev–Trinajstić information content (AvgIpc) is 3.21. The molecule has 1 unspecified atom stereocenters. The second-order valence-corrected chi connectivity index (χ2v) is 7.83. The number of aliphatic hydroxyl groups excluding tert-OH is 1. The Balaban J connectivity index is 1.37. The predicted octanol–water partition coefficient (Wildman–Crippen LogP) is 1.91. The van der Waals surface area contributed by atoms with Crippen LogP contribution in [0.5, 0.6) is 5.75 Å². The molecule has 1 atom stereocenters. The Labute approximate surface area is 164 Å². The number of nitrogens with one attached hydrogen (secondary N) is 2. The quantitative estimate of drug-likeness (QED) is 0.398. The second-order valence-electron chi connectivity index (χ2n) is 6.75. The van der Waals surface area contributed by atoms with Crippen molar-refractivity contribution in [1.29, 1.82) is 0 Å². The largest absolute Gasteiger partial charge is 0.491 e. The highest BCUT2D eigenvalue weighted by Gasteiger charge is 2.15. The van der Waals surface area contributed by atoms with Crippen molar-refractivity contribution in [2.45, 2.75) is 37.1 Å². The smallest absolute Gasteiger partial charge is 0.183 e. The maximum absolute atomic E-state index is 10.3. The summed E-state index contributed by atoms with van der Waals surface area (Å²) >= 11 is 1.64. The van der Waals surface area contributed by atoms with Gasteiger partial charge in [0.2, 0.25) is 0 Å². The highest BCUT2D eigenvalue weighted by molar-refractivity contribution is 7.99. The summed E-state index contributed by atoms with van der Waals surface area (Å²) in [7, 11) is 0. The molecule has 1 aliphatic rings. The van der Waals surface area contributed by atoms with Gasteiger partial charge in [-0.2, -0.15) is 5.10 Å². The highest BCUT2D eigenvalue weighted by Crippen LogP contribution is 2.18. The second kappa shape index (κ2) is 11.3. The molecule has 0 radical (unpaired) electrons. The number of hydrogen-bond acceptors (Lipinski definition) is 7. The summed E-state index contributed by atoms with van der Waals surface area (Å²) in [6.07, 6.45) is 4.83. The van der Waals surface area contributed by atoms with Crippen molar-refractivity contribution in [2.75, 3.05) is 38.5 Å². The van der Waals surface area contributed by atoms with Crippen LogP contribution < -0.4 is 10.1 Å². The van der Waals surface area contributed by atoms with Crippen LogP contribution in [0.4, 0.5) is 0 Å². The lowest BCUT2D eigenvalue weighted by Crippen LogP contribution is -2.38. The van der Waals surface area contributed by atoms with E-state index < -0.39 is 6.10 Å². The van der Waals surface area contributed by atoms with Gasteiger partial charge < -0.3 is 20.1 Å². The fraction of sp³-hybridized carbons (Fsp3) is 0.579. The molecule has 0 saturated carbocycles. The Bertz CT molecular complexity index is 649. The molecule has 27 heavy (non-hydrogen) atoms. The van der Waals surface area contributed by atoms with E-state index in [1.54, 1.807) is 11.8 Å². The van der Waals surface area contributed by atoms with Gasteiger partial charge in [0.15, 0.2) is 5.16 Å². The summed E-state index contributed by atoms with van der Waals surface area (Å²) in [6, 6.07) is 8.00. The molecule has 0 spiro atoms. The summed E-state index contributed by atoms with van der Waals surface area (Å²) in [4.78, 5) is 6.42. The van der Waals surface area contributed by atoms with Crippen LogP contribution in [-0.4, -0.2) is 69.8 Å². The fourth-order valence-corrected chi connectivity index (χ4v) is 3.85. The molecule has 1 aliphatic heterocycles. The van der Waals surface area contributed by atoms with Gasteiger partial charge in [0.05, 0.1) is 0 Å². The number of likely N-dealkylation sites (tertiary alicyclic amines) is 1. The Hall–Kier alpha value is -1.61. The zero-order chi connectivity index (χ0) is 18.7. The number of rotatable bonds is 11. The van der Waals surface area contributed by atoms with Crippen molar-refractivity contribution >= 4 is 11.8 Å². The van der Waals surface area contributed by atoms with E-state index in [9.17, 15) is 5.11 Å². The molecular formula is C19H29N5O2S. The molecule has 8 heteroatoms.